The average Bonchev–Trinajstić information content (AvgIpc) is 2.80. The van der Waals surface area contributed by atoms with Gasteiger partial charge in [-0.05, 0) is 25.3 Å². The quantitative estimate of drug-likeness (QED) is 0.834. The number of aliphatic hydroxyl groups is 1. The molecule has 0 spiro atoms. The van der Waals surface area contributed by atoms with Crippen LogP contribution in [-0.4, -0.2) is 29.7 Å². The molecular formula is C14H21FN2O. The Morgan fingerprint density at radius 1 is 1.39 bits per heavy atom. The highest BCUT2D eigenvalue weighted by Gasteiger charge is 2.22. The van der Waals surface area contributed by atoms with Gasteiger partial charge in [0.1, 0.15) is 5.82 Å². The molecule has 0 radical (unpaired) electrons. The summed E-state index contributed by atoms with van der Waals surface area (Å²) < 4.78 is 14.0. The molecular weight excluding hydrogens is 231 g/mol. The van der Waals surface area contributed by atoms with Crippen LogP contribution in [0.1, 0.15) is 24.0 Å². The van der Waals surface area contributed by atoms with Crippen molar-refractivity contribution in [2.24, 2.45) is 11.7 Å². The lowest BCUT2D eigenvalue weighted by molar-refractivity contribution is 0.248. The topological polar surface area (TPSA) is 49.5 Å². The highest BCUT2D eigenvalue weighted by molar-refractivity contribution is 5.26. The monoisotopic (exact) mass is 252 g/mol. The normalized spacial score (nSPS) is 20.5. The van der Waals surface area contributed by atoms with Gasteiger partial charge in [0.05, 0.1) is 0 Å². The number of rotatable bonds is 5. The van der Waals surface area contributed by atoms with Crippen molar-refractivity contribution >= 4 is 0 Å². The van der Waals surface area contributed by atoms with Gasteiger partial charge in [-0.15, -0.1) is 0 Å². The Kier molecular flexibility index (Phi) is 4.69. The zero-order valence-electron chi connectivity index (χ0n) is 10.6. The van der Waals surface area contributed by atoms with Crippen LogP contribution < -0.4 is 5.73 Å². The Bertz CT molecular complexity index is 397. The minimum Gasteiger partial charge on any atom is -0.396 e. The molecule has 18 heavy (non-hydrogen) atoms. The molecule has 0 saturated carbocycles. The molecule has 1 aliphatic rings. The second-order valence-corrected chi connectivity index (χ2v) is 5.00. The van der Waals surface area contributed by atoms with Gasteiger partial charge in [-0.25, -0.2) is 4.39 Å². The van der Waals surface area contributed by atoms with E-state index in [4.69, 9.17) is 10.8 Å². The van der Waals surface area contributed by atoms with E-state index in [0.717, 1.165) is 31.5 Å². The number of hydrogen-bond acceptors (Lipinski definition) is 3. The Balaban J connectivity index is 1.98. The fraction of sp³-hybridized carbons (Fsp3) is 0.571. The van der Waals surface area contributed by atoms with Gasteiger partial charge in [-0.1, -0.05) is 18.2 Å². The molecule has 3 N–H and O–H groups in total. The summed E-state index contributed by atoms with van der Waals surface area (Å²) in [6.07, 6.45) is 1.95. The maximum atomic E-state index is 14.0. The van der Waals surface area contributed by atoms with Crippen molar-refractivity contribution in [2.75, 3.05) is 19.7 Å². The largest absolute Gasteiger partial charge is 0.396 e. The maximum Gasteiger partial charge on any atom is 0.132 e. The molecule has 1 heterocycles. The lowest BCUT2D eigenvalue weighted by Crippen LogP contribution is -2.21. The Morgan fingerprint density at radius 3 is 2.89 bits per heavy atom. The molecule has 1 unspecified atom stereocenters. The fourth-order valence-corrected chi connectivity index (χ4v) is 2.63. The van der Waals surface area contributed by atoms with E-state index in [9.17, 15) is 4.39 Å². The highest BCUT2D eigenvalue weighted by Crippen LogP contribution is 2.22. The molecule has 4 heteroatoms. The summed E-state index contributed by atoms with van der Waals surface area (Å²) in [5.74, 6) is 0.390. The third-order valence-corrected chi connectivity index (χ3v) is 3.68. The summed E-state index contributed by atoms with van der Waals surface area (Å²) in [5.41, 5.74) is 6.81. The molecule has 1 fully saturated rings. The SMILES string of the molecule is NCc1cccc(CN2CCC(CCO)C2)c1F. The predicted molar refractivity (Wildman–Crippen MR) is 69.4 cm³/mol. The summed E-state index contributed by atoms with van der Waals surface area (Å²) in [6, 6.07) is 5.42. The molecule has 1 saturated heterocycles. The number of hydrogen-bond donors (Lipinski definition) is 2. The minimum absolute atomic E-state index is 0.161. The van der Waals surface area contributed by atoms with Crippen molar-refractivity contribution < 1.29 is 9.50 Å². The second kappa shape index (κ2) is 6.27. The number of nitrogens with zero attached hydrogens (tertiary/aromatic N) is 1. The first-order valence-corrected chi connectivity index (χ1v) is 6.54. The van der Waals surface area contributed by atoms with Crippen molar-refractivity contribution in [3.05, 3.63) is 35.1 Å². The number of nitrogens with two attached hydrogens (primary N) is 1. The van der Waals surface area contributed by atoms with Crippen molar-refractivity contribution in [3.63, 3.8) is 0 Å². The van der Waals surface area contributed by atoms with Crippen LogP contribution in [0, 0.1) is 11.7 Å². The predicted octanol–water partition coefficient (Wildman–Crippen LogP) is 1.49. The van der Waals surface area contributed by atoms with Crippen LogP contribution in [-0.2, 0) is 13.1 Å². The van der Waals surface area contributed by atoms with Crippen LogP contribution in [0.3, 0.4) is 0 Å². The van der Waals surface area contributed by atoms with Crippen LogP contribution in [0.25, 0.3) is 0 Å². The van der Waals surface area contributed by atoms with Gasteiger partial charge in [0.15, 0.2) is 0 Å². The van der Waals surface area contributed by atoms with Crippen molar-refractivity contribution in [2.45, 2.75) is 25.9 Å². The van der Waals surface area contributed by atoms with E-state index in [0.29, 0.717) is 18.0 Å². The number of halogens is 1. The molecule has 100 valence electrons. The van der Waals surface area contributed by atoms with Gasteiger partial charge in [0.25, 0.3) is 0 Å². The van der Waals surface area contributed by atoms with E-state index in [1.54, 1.807) is 6.07 Å². The van der Waals surface area contributed by atoms with Crippen molar-refractivity contribution in [1.82, 2.24) is 4.90 Å². The number of aliphatic hydroxyl groups excluding tert-OH is 1. The van der Waals surface area contributed by atoms with E-state index in [1.165, 1.54) is 0 Å². The fourth-order valence-electron chi connectivity index (χ4n) is 2.63. The molecule has 2 rings (SSSR count). The number of benzene rings is 1. The van der Waals surface area contributed by atoms with Crippen LogP contribution >= 0.6 is 0 Å². The first-order chi connectivity index (χ1) is 8.74. The molecule has 0 bridgehead atoms. The molecule has 0 aromatic heterocycles. The Labute approximate surface area is 107 Å². The van der Waals surface area contributed by atoms with Crippen LogP contribution in [0.5, 0.6) is 0 Å². The van der Waals surface area contributed by atoms with E-state index in [1.807, 2.05) is 12.1 Å². The smallest absolute Gasteiger partial charge is 0.132 e. The van der Waals surface area contributed by atoms with Crippen LogP contribution in [0.4, 0.5) is 4.39 Å². The minimum atomic E-state index is -0.161. The average molecular weight is 252 g/mol. The van der Waals surface area contributed by atoms with E-state index in [-0.39, 0.29) is 19.0 Å². The van der Waals surface area contributed by atoms with Crippen molar-refractivity contribution in [1.29, 1.82) is 0 Å². The standard InChI is InChI=1S/C14H21FN2O/c15-14-12(8-16)2-1-3-13(14)10-17-6-4-11(9-17)5-7-18/h1-3,11,18H,4-10,16H2. The first-order valence-electron chi connectivity index (χ1n) is 6.54. The Morgan fingerprint density at radius 2 is 2.17 bits per heavy atom. The lowest BCUT2D eigenvalue weighted by atomic mass is 10.1. The van der Waals surface area contributed by atoms with Gasteiger partial charge in [-0.3, -0.25) is 4.90 Å². The van der Waals surface area contributed by atoms with Gasteiger partial charge >= 0.3 is 0 Å². The first kappa shape index (κ1) is 13.5. The Hall–Kier alpha value is -0.970. The summed E-state index contributed by atoms with van der Waals surface area (Å²) >= 11 is 0. The van der Waals surface area contributed by atoms with Gasteiger partial charge in [0.2, 0.25) is 0 Å². The zero-order chi connectivity index (χ0) is 13.0. The third-order valence-electron chi connectivity index (χ3n) is 3.68. The summed E-state index contributed by atoms with van der Waals surface area (Å²) in [4.78, 5) is 2.25. The molecule has 1 atom stereocenters. The highest BCUT2D eigenvalue weighted by atomic mass is 19.1. The lowest BCUT2D eigenvalue weighted by Gasteiger charge is -2.17. The zero-order valence-corrected chi connectivity index (χ0v) is 10.6. The van der Waals surface area contributed by atoms with Gasteiger partial charge < -0.3 is 10.8 Å². The molecule has 1 aromatic rings. The van der Waals surface area contributed by atoms with Gasteiger partial charge in [-0.2, -0.15) is 0 Å². The molecule has 0 aliphatic carbocycles. The number of likely N-dealkylation sites (tertiary alicyclic amines) is 1. The molecule has 3 nitrogen and oxygen atoms in total. The molecule has 1 aromatic carbocycles. The van der Waals surface area contributed by atoms with Crippen LogP contribution in [0.2, 0.25) is 0 Å². The van der Waals surface area contributed by atoms with E-state index >= 15 is 0 Å². The molecule has 0 amide bonds. The summed E-state index contributed by atoms with van der Waals surface area (Å²) in [6.45, 7) is 3.06. The third kappa shape index (κ3) is 3.07. The van der Waals surface area contributed by atoms with Crippen LogP contribution in [0.15, 0.2) is 18.2 Å². The van der Waals surface area contributed by atoms with E-state index in [2.05, 4.69) is 4.90 Å². The summed E-state index contributed by atoms with van der Waals surface area (Å²) in [5, 5.41) is 8.92. The molecule has 1 aliphatic heterocycles. The summed E-state index contributed by atoms with van der Waals surface area (Å²) in [7, 11) is 0. The maximum absolute atomic E-state index is 14.0. The van der Waals surface area contributed by atoms with Gasteiger partial charge in [0, 0.05) is 37.4 Å². The van der Waals surface area contributed by atoms with E-state index < -0.39 is 0 Å². The van der Waals surface area contributed by atoms with Crippen molar-refractivity contribution in [3.8, 4) is 0 Å². The second-order valence-electron chi connectivity index (χ2n) is 5.00.